The first kappa shape index (κ1) is 17.1. The zero-order valence-electron chi connectivity index (χ0n) is 12.3. The number of carbonyl (C=O) groups excluding carboxylic acids is 2. The molecule has 1 rings (SSSR count). The normalized spacial score (nSPS) is 10.5. The molecule has 0 aliphatic heterocycles. The van der Waals surface area contributed by atoms with E-state index in [9.17, 15) is 19.7 Å². The number of nitro benzene ring substituents is 1. The van der Waals surface area contributed by atoms with Gasteiger partial charge in [-0.05, 0) is 26.0 Å². The third-order valence-electron chi connectivity index (χ3n) is 2.41. The zero-order chi connectivity index (χ0) is 16.7. The van der Waals surface area contributed by atoms with E-state index in [0.29, 0.717) is 5.56 Å². The summed E-state index contributed by atoms with van der Waals surface area (Å²) >= 11 is 0. The number of nitro groups is 1. The lowest BCUT2D eigenvalue weighted by Gasteiger charge is -2.06. The predicted molar refractivity (Wildman–Crippen MR) is 78.7 cm³/mol. The summed E-state index contributed by atoms with van der Waals surface area (Å²) in [5, 5.41) is 16.8. The molecular formula is C13H16N4O5. The van der Waals surface area contributed by atoms with Crippen LogP contribution in [0.4, 0.5) is 5.69 Å². The summed E-state index contributed by atoms with van der Waals surface area (Å²) in [5.41, 5.74) is 2.18. The third kappa shape index (κ3) is 4.85. The molecule has 0 aliphatic rings. The fraction of sp³-hybridized carbons (Fsp3) is 0.308. The van der Waals surface area contributed by atoms with Crippen molar-refractivity contribution in [3.63, 3.8) is 0 Å². The Hall–Kier alpha value is -2.97. The van der Waals surface area contributed by atoms with Crippen LogP contribution >= 0.6 is 0 Å². The second-order valence-corrected chi connectivity index (χ2v) is 4.52. The number of ether oxygens (including phenoxy) is 1. The van der Waals surface area contributed by atoms with E-state index < -0.39 is 16.7 Å². The minimum absolute atomic E-state index is 0.113. The van der Waals surface area contributed by atoms with Crippen molar-refractivity contribution in [1.82, 2.24) is 10.7 Å². The molecule has 0 atom stereocenters. The summed E-state index contributed by atoms with van der Waals surface area (Å²) in [6.45, 7) is 3.43. The van der Waals surface area contributed by atoms with E-state index in [1.54, 1.807) is 13.8 Å². The minimum Gasteiger partial charge on any atom is -0.490 e. The van der Waals surface area contributed by atoms with Crippen molar-refractivity contribution in [2.45, 2.75) is 19.9 Å². The van der Waals surface area contributed by atoms with Crippen LogP contribution in [0, 0.1) is 10.1 Å². The Kier molecular flexibility index (Phi) is 5.99. The van der Waals surface area contributed by atoms with Gasteiger partial charge in [0.05, 0.1) is 18.2 Å². The van der Waals surface area contributed by atoms with Gasteiger partial charge in [0.1, 0.15) is 0 Å². The molecule has 2 amide bonds. The smallest absolute Gasteiger partial charge is 0.329 e. The van der Waals surface area contributed by atoms with Crippen LogP contribution in [0.1, 0.15) is 19.4 Å². The van der Waals surface area contributed by atoms with Gasteiger partial charge in [-0.1, -0.05) is 0 Å². The van der Waals surface area contributed by atoms with Crippen LogP contribution in [-0.4, -0.2) is 36.1 Å². The Morgan fingerprint density at radius 1 is 1.36 bits per heavy atom. The SMILES string of the molecule is COc1ccc(/C=N\NC(=O)C(=O)NC(C)C)cc1[N+](=O)[O-]. The highest BCUT2D eigenvalue weighted by atomic mass is 16.6. The van der Waals surface area contributed by atoms with Crippen LogP contribution < -0.4 is 15.5 Å². The maximum atomic E-state index is 11.4. The molecule has 1 aromatic rings. The predicted octanol–water partition coefficient (Wildman–Crippen LogP) is 0.578. The van der Waals surface area contributed by atoms with Gasteiger partial charge in [0.25, 0.3) is 0 Å². The molecule has 0 aromatic heterocycles. The van der Waals surface area contributed by atoms with Crippen LogP contribution in [0.15, 0.2) is 23.3 Å². The number of hydrazone groups is 1. The molecule has 9 heteroatoms. The van der Waals surface area contributed by atoms with Gasteiger partial charge in [0.2, 0.25) is 0 Å². The number of methoxy groups -OCH3 is 1. The molecule has 0 bridgehead atoms. The average molecular weight is 308 g/mol. The topological polar surface area (TPSA) is 123 Å². The first-order valence-corrected chi connectivity index (χ1v) is 6.31. The summed E-state index contributed by atoms with van der Waals surface area (Å²) in [5.74, 6) is -1.62. The summed E-state index contributed by atoms with van der Waals surface area (Å²) in [7, 11) is 1.32. The first-order chi connectivity index (χ1) is 10.3. The Labute approximate surface area is 126 Å². The lowest BCUT2D eigenvalue weighted by atomic mass is 10.2. The summed E-state index contributed by atoms with van der Waals surface area (Å²) in [6, 6.07) is 4.00. The number of carbonyl (C=O) groups is 2. The second kappa shape index (κ2) is 7.72. The molecule has 0 radical (unpaired) electrons. The van der Waals surface area contributed by atoms with Crippen molar-refractivity contribution in [3.8, 4) is 5.75 Å². The Morgan fingerprint density at radius 2 is 2.05 bits per heavy atom. The van der Waals surface area contributed by atoms with Gasteiger partial charge in [0.15, 0.2) is 5.75 Å². The Bertz CT molecular complexity index is 612. The summed E-state index contributed by atoms with van der Waals surface area (Å²) in [6.07, 6.45) is 1.19. The molecule has 0 spiro atoms. The molecular weight excluding hydrogens is 292 g/mol. The number of benzene rings is 1. The number of hydrogen-bond donors (Lipinski definition) is 2. The maximum Gasteiger partial charge on any atom is 0.329 e. The Balaban J connectivity index is 2.75. The van der Waals surface area contributed by atoms with Gasteiger partial charge < -0.3 is 10.1 Å². The van der Waals surface area contributed by atoms with Crippen LogP contribution in [0.5, 0.6) is 5.75 Å². The number of nitrogens with zero attached hydrogens (tertiary/aromatic N) is 2. The molecule has 0 aliphatic carbocycles. The lowest BCUT2D eigenvalue weighted by molar-refractivity contribution is -0.385. The van der Waals surface area contributed by atoms with E-state index >= 15 is 0 Å². The van der Waals surface area contributed by atoms with Crippen molar-refractivity contribution in [2.24, 2.45) is 5.10 Å². The van der Waals surface area contributed by atoms with E-state index in [0.717, 1.165) is 0 Å². The van der Waals surface area contributed by atoms with Crippen molar-refractivity contribution in [3.05, 3.63) is 33.9 Å². The van der Waals surface area contributed by atoms with Crippen LogP contribution in [-0.2, 0) is 9.59 Å². The summed E-state index contributed by atoms with van der Waals surface area (Å²) in [4.78, 5) is 33.0. The fourth-order valence-corrected chi connectivity index (χ4v) is 1.47. The van der Waals surface area contributed by atoms with Gasteiger partial charge in [0, 0.05) is 17.7 Å². The highest BCUT2D eigenvalue weighted by Crippen LogP contribution is 2.26. The van der Waals surface area contributed by atoms with E-state index in [1.807, 2.05) is 5.43 Å². The zero-order valence-corrected chi connectivity index (χ0v) is 12.3. The van der Waals surface area contributed by atoms with Gasteiger partial charge in [-0.3, -0.25) is 19.7 Å². The first-order valence-electron chi connectivity index (χ1n) is 6.31. The van der Waals surface area contributed by atoms with E-state index in [1.165, 1.54) is 31.5 Å². The number of nitrogens with one attached hydrogen (secondary N) is 2. The Morgan fingerprint density at radius 3 is 2.59 bits per heavy atom. The van der Waals surface area contributed by atoms with Crippen molar-refractivity contribution in [2.75, 3.05) is 7.11 Å². The molecule has 0 heterocycles. The van der Waals surface area contributed by atoms with E-state index in [-0.39, 0.29) is 17.5 Å². The molecule has 0 fully saturated rings. The number of hydrogen-bond acceptors (Lipinski definition) is 6. The number of rotatable bonds is 5. The molecule has 2 N–H and O–H groups in total. The van der Waals surface area contributed by atoms with Gasteiger partial charge in [-0.25, -0.2) is 5.43 Å². The largest absolute Gasteiger partial charge is 0.490 e. The minimum atomic E-state index is -0.923. The highest BCUT2D eigenvalue weighted by molar-refractivity contribution is 6.35. The third-order valence-corrected chi connectivity index (χ3v) is 2.41. The molecule has 9 nitrogen and oxygen atoms in total. The molecule has 22 heavy (non-hydrogen) atoms. The summed E-state index contributed by atoms with van der Waals surface area (Å²) < 4.78 is 4.86. The van der Waals surface area contributed by atoms with Gasteiger partial charge in [-0.15, -0.1) is 0 Å². The second-order valence-electron chi connectivity index (χ2n) is 4.52. The molecule has 1 aromatic carbocycles. The monoisotopic (exact) mass is 308 g/mol. The van der Waals surface area contributed by atoms with E-state index in [4.69, 9.17) is 4.74 Å². The molecule has 118 valence electrons. The average Bonchev–Trinajstić information content (AvgIpc) is 2.46. The quantitative estimate of drug-likeness (QED) is 0.356. The number of amides is 2. The molecule has 0 saturated heterocycles. The van der Waals surface area contributed by atoms with Gasteiger partial charge >= 0.3 is 17.5 Å². The molecule has 0 saturated carbocycles. The maximum absolute atomic E-state index is 11.4. The fourth-order valence-electron chi connectivity index (χ4n) is 1.47. The lowest BCUT2D eigenvalue weighted by Crippen LogP contribution is -2.41. The van der Waals surface area contributed by atoms with Crippen molar-refractivity contribution >= 4 is 23.7 Å². The molecule has 0 unspecified atom stereocenters. The standard InChI is InChI=1S/C13H16N4O5/c1-8(2)15-12(18)13(19)16-14-7-9-4-5-11(22-3)10(6-9)17(20)21/h4-8H,1-3H3,(H,15,18)(H,16,19)/b14-7-. The van der Waals surface area contributed by atoms with Crippen molar-refractivity contribution < 1.29 is 19.2 Å². The van der Waals surface area contributed by atoms with Gasteiger partial charge in [-0.2, -0.15) is 5.10 Å². The van der Waals surface area contributed by atoms with Crippen LogP contribution in [0.2, 0.25) is 0 Å². The van der Waals surface area contributed by atoms with Crippen LogP contribution in [0.25, 0.3) is 0 Å². The highest BCUT2D eigenvalue weighted by Gasteiger charge is 2.15. The van der Waals surface area contributed by atoms with Crippen LogP contribution in [0.3, 0.4) is 0 Å². The van der Waals surface area contributed by atoms with E-state index in [2.05, 4.69) is 10.4 Å². The van der Waals surface area contributed by atoms with Crippen molar-refractivity contribution in [1.29, 1.82) is 0 Å².